The average Bonchev–Trinajstić information content (AvgIpc) is 2.69. The Balaban J connectivity index is 2.19. The largest absolute Gasteiger partial charge is 0.399 e. The second-order valence-corrected chi connectivity index (χ2v) is 7.63. The first-order valence-electron chi connectivity index (χ1n) is 7.23. The van der Waals surface area contributed by atoms with Crippen LogP contribution in [0.2, 0.25) is 0 Å². The standard InChI is InChI=1S/C15H24N2O2S/c1-4-12-5-6-15(11(12)3)17-20(18,19)14-8-10(2)7-13(16)9-14/h7-9,11-12,15,17H,4-6,16H2,1-3H3. The van der Waals surface area contributed by atoms with Gasteiger partial charge >= 0.3 is 0 Å². The molecule has 3 unspecified atom stereocenters. The number of aryl methyl sites for hydroxylation is 1. The fourth-order valence-electron chi connectivity index (χ4n) is 3.19. The van der Waals surface area contributed by atoms with Gasteiger partial charge < -0.3 is 5.73 Å². The molecule has 0 radical (unpaired) electrons. The number of nitrogens with one attached hydrogen (secondary N) is 1. The molecule has 0 heterocycles. The number of rotatable bonds is 4. The van der Waals surface area contributed by atoms with Crippen LogP contribution in [0.25, 0.3) is 0 Å². The monoisotopic (exact) mass is 296 g/mol. The van der Waals surface area contributed by atoms with Gasteiger partial charge in [-0.1, -0.05) is 20.3 Å². The molecule has 3 N–H and O–H groups in total. The summed E-state index contributed by atoms with van der Waals surface area (Å²) in [5.41, 5.74) is 7.08. The van der Waals surface area contributed by atoms with Gasteiger partial charge in [0.05, 0.1) is 4.90 Å². The van der Waals surface area contributed by atoms with Gasteiger partial charge in [-0.2, -0.15) is 0 Å². The molecule has 5 heteroatoms. The summed E-state index contributed by atoms with van der Waals surface area (Å²) in [7, 11) is -3.48. The Hall–Kier alpha value is -1.07. The Bertz CT molecular complexity index is 563. The van der Waals surface area contributed by atoms with Gasteiger partial charge in [-0.25, -0.2) is 13.1 Å². The molecule has 20 heavy (non-hydrogen) atoms. The maximum Gasteiger partial charge on any atom is 0.240 e. The van der Waals surface area contributed by atoms with E-state index in [-0.39, 0.29) is 10.9 Å². The second kappa shape index (κ2) is 5.74. The lowest BCUT2D eigenvalue weighted by atomic mass is 9.94. The molecule has 1 aliphatic carbocycles. The number of hydrogen-bond donors (Lipinski definition) is 2. The smallest absolute Gasteiger partial charge is 0.240 e. The van der Waals surface area contributed by atoms with Gasteiger partial charge in [-0.05, 0) is 55.4 Å². The Morgan fingerprint density at radius 2 is 2.00 bits per heavy atom. The molecule has 112 valence electrons. The van der Waals surface area contributed by atoms with E-state index in [1.165, 1.54) is 6.07 Å². The third-order valence-electron chi connectivity index (χ3n) is 4.44. The molecular formula is C15H24N2O2S. The van der Waals surface area contributed by atoms with Crippen molar-refractivity contribution in [1.29, 1.82) is 0 Å². The lowest BCUT2D eigenvalue weighted by Gasteiger charge is -2.21. The fraction of sp³-hybridized carbons (Fsp3) is 0.600. The van der Waals surface area contributed by atoms with Crippen molar-refractivity contribution in [3.63, 3.8) is 0 Å². The minimum Gasteiger partial charge on any atom is -0.399 e. The highest BCUT2D eigenvalue weighted by Crippen LogP contribution is 2.34. The zero-order chi connectivity index (χ0) is 14.9. The van der Waals surface area contributed by atoms with Crippen molar-refractivity contribution in [3.05, 3.63) is 23.8 Å². The van der Waals surface area contributed by atoms with Gasteiger partial charge in [0, 0.05) is 11.7 Å². The van der Waals surface area contributed by atoms with Crippen molar-refractivity contribution in [2.45, 2.75) is 51.0 Å². The summed E-state index contributed by atoms with van der Waals surface area (Å²) >= 11 is 0. The predicted octanol–water partition coefficient (Wildman–Crippen LogP) is 2.68. The maximum atomic E-state index is 12.5. The summed E-state index contributed by atoms with van der Waals surface area (Å²) in [6.07, 6.45) is 3.12. The van der Waals surface area contributed by atoms with Gasteiger partial charge in [0.1, 0.15) is 0 Å². The average molecular weight is 296 g/mol. The SMILES string of the molecule is CCC1CCC(NS(=O)(=O)c2cc(C)cc(N)c2)C1C. The predicted molar refractivity (Wildman–Crippen MR) is 81.9 cm³/mol. The van der Waals surface area contributed by atoms with E-state index in [1.807, 2.05) is 6.92 Å². The number of nitrogens with two attached hydrogens (primary N) is 1. The van der Waals surface area contributed by atoms with E-state index in [0.717, 1.165) is 24.8 Å². The summed E-state index contributed by atoms with van der Waals surface area (Å²) in [6, 6.07) is 4.98. The Morgan fingerprint density at radius 3 is 2.55 bits per heavy atom. The molecule has 0 saturated heterocycles. The summed E-state index contributed by atoms with van der Waals surface area (Å²) < 4.78 is 27.8. The summed E-state index contributed by atoms with van der Waals surface area (Å²) in [5, 5.41) is 0. The van der Waals surface area contributed by atoms with Crippen LogP contribution in [0.5, 0.6) is 0 Å². The highest BCUT2D eigenvalue weighted by atomic mass is 32.2. The van der Waals surface area contributed by atoms with E-state index in [0.29, 0.717) is 17.5 Å². The number of anilines is 1. The van der Waals surface area contributed by atoms with E-state index in [4.69, 9.17) is 5.73 Å². The zero-order valence-electron chi connectivity index (χ0n) is 12.4. The van der Waals surface area contributed by atoms with E-state index < -0.39 is 10.0 Å². The molecule has 0 bridgehead atoms. The molecule has 0 amide bonds. The highest BCUT2D eigenvalue weighted by Gasteiger charge is 2.34. The van der Waals surface area contributed by atoms with E-state index in [9.17, 15) is 8.42 Å². The molecular weight excluding hydrogens is 272 g/mol. The number of benzene rings is 1. The van der Waals surface area contributed by atoms with E-state index in [2.05, 4.69) is 18.6 Å². The third-order valence-corrected chi connectivity index (χ3v) is 5.91. The molecule has 1 aromatic carbocycles. The Morgan fingerprint density at radius 1 is 1.30 bits per heavy atom. The molecule has 1 aliphatic rings. The molecule has 3 atom stereocenters. The van der Waals surface area contributed by atoms with Crippen LogP contribution < -0.4 is 10.5 Å². The molecule has 1 fully saturated rings. The number of sulfonamides is 1. The van der Waals surface area contributed by atoms with E-state index in [1.54, 1.807) is 12.1 Å². The van der Waals surface area contributed by atoms with Gasteiger partial charge in [-0.15, -0.1) is 0 Å². The second-order valence-electron chi connectivity index (χ2n) is 5.91. The topological polar surface area (TPSA) is 72.2 Å². The van der Waals surface area contributed by atoms with Crippen molar-refractivity contribution in [3.8, 4) is 0 Å². The van der Waals surface area contributed by atoms with Crippen molar-refractivity contribution in [2.75, 3.05) is 5.73 Å². The van der Waals surface area contributed by atoms with E-state index >= 15 is 0 Å². The normalized spacial score (nSPS) is 26.9. The molecule has 0 aliphatic heterocycles. The van der Waals surface area contributed by atoms with Crippen molar-refractivity contribution < 1.29 is 8.42 Å². The fourth-order valence-corrected chi connectivity index (χ4v) is 4.69. The Labute approximate surface area is 121 Å². The summed E-state index contributed by atoms with van der Waals surface area (Å²) in [6.45, 7) is 6.15. The van der Waals surface area contributed by atoms with Crippen molar-refractivity contribution in [2.24, 2.45) is 11.8 Å². The molecule has 1 aromatic rings. The maximum absolute atomic E-state index is 12.5. The van der Waals surface area contributed by atoms with Crippen molar-refractivity contribution in [1.82, 2.24) is 4.72 Å². The molecule has 2 rings (SSSR count). The van der Waals surface area contributed by atoms with Crippen LogP contribution in [0, 0.1) is 18.8 Å². The zero-order valence-corrected chi connectivity index (χ0v) is 13.2. The van der Waals surface area contributed by atoms with Crippen LogP contribution >= 0.6 is 0 Å². The van der Waals surface area contributed by atoms with Crippen LogP contribution in [0.15, 0.2) is 23.1 Å². The van der Waals surface area contributed by atoms with Gasteiger partial charge in [0.25, 0.3) is 0 Å². The minimum absolute atomic E-state index is 0.0340. The van der Waals surface area contributed by atoms with Gasteiger partial charge in [-0.3, -0.25) is 0 Å². The highest BCUT2D eigenvalue weighted by molar-refractivity contribution is 7.89. The van der Waals surface area contributed by atoms with Gasteiger partial charge in [0.15, 0.2) is 0 Å². The van der Waals surface area contributed by atoms with Crippen molar-refractivity contribution >= 4 is 15.7 Å². The molecule has 0 aromatic heterocycles. The van der Waals surface area contributed by atoms with Crippen LogP contribution in [0.3, 0.4) is 0 Å². The quantitative estimate of drug-likeness (QED) is 0.839. The molecule has 1 saturated carbocycles. The number of nitrogen functional groups attached to an aromatic ring is 1. The molecule has 0 spiro atoms. The summed E-state index contributed by atoms with van der Waals surface area (Å²) in [5.74, 6) is 1.00. The van der Waals surface area contributed by atoms with Crippen LogP contribution in [-0.4, -0.2) is 14.5 Å². The third kappa shape index (κ3) is 3.15. The first-order valence-corrected chi connectivity index (χ1v) is 8.71. The van der Waals surface area contributed by atoms with Crippen LogP contribution in [0.4, 0.5) is 5.69 Å². The van der Waals surface area contributed by atoms with Gasteiger partial charge in [0.2, 0.25) is 10.0 Å². The van der Waals surface area contributed by atoms with Crippen LogP contribution in [0.1, 0.15) is 38.7 Å². The lowest BCUT2D eigenvalue weighted by Crippen LogP contribution is -2.37. The minimum atomic E-state index is -3.48. The first-order chi connectivity index (χ1) is 9.33. The van der Waals surface area contributed by atoms with Crippen LogP contribution in [-0.2, 0) is 10.0 Å². The molecule has 4 nitrogen and oxygen atoms in total. The Kier molecular flexibility index (Phi) is 4.39. The first kappa shape index (κ1) is 15.3. The summed E-state index contributed by atoms with van der Waals surface area (Å²) in [4.78, 5) is 0.266. The number of hydrogen-bond acceptors (Lipinski definition) is 3. The lowest BCUT2D eigenvalue weighted by molar-refractivity contribution is 0.368.